The first kappa shape index (κ1) is 21.5. The minimum absolute atomic E-state index is 0.00183. The van der Waals surface area contributed by atoms with Crippen molar-refractivity contribution in [3.8, 4) is 11.8 Å². The van der Waals surface area contributed by atoms with Crippen molar-refractivity contribution in [2.45, 2.75) is 38.1 Å². The van der Waals surface area contributed by atoms with Crippen LogP contribution >= 0.6 is 11.3 Å². The van der Waals surface area contributed by atoms with Gasteiger partial charge < -0.3 is 20.2 Å². The first-order valence-corrected chi connectivity index (χ1v) is 10.6. The molecule has 0 atom stereocenters. The molecule has 2 bridgehead atoms. The Hall–Kier alpha value is -3.72. The normalized spacial score (nSPS) is 23.7. The zero-order chi connectivity index (χ0) is 22.9. The van der Waals surface area contributed by atoms with Crippen LogP contribution in [-0.2, 0) is 0 Å². The summed E-state index contributed by atoms with van der Waals surface area (Å²) in [5.74, 6) is -0.825. The molecule has 2 aromatic heterocycles. The highest BCUT2D eigenvalue weighted by Gasteiger charge is 2.67. The van der Waals surface area contributed by atoms with Gasteiger partial charge >= 0.3 is 10.8 Å². The van der Waals surface area contributed by atoms with Gasteiger partial charge in [0, 0.05) is 18.0 Å². The van der Waals surface area contributed by atoms with Crippen molar-refractivity contribution in [3.63, 3.8) is 0 Å². The lowest BCUT2D eigenvalue weighted by molar-refractivity contribution is -0.353. The standard InChI is InChI=1S/C20H21N7O4S/c1-11(3-5-21)23-17-26-27-18(32-17)24-15(28)13-7-12(14(30-2)16(29)31-13)25-20-8-19(9-20,10-20)4-6-22/h3,5,7,25H,4,8-10,21H2,1-2H3,(H,24,27,28)/p+1/b5-3-,23-11+. The second-order valence-electron chi connectivity index (χ2n) is 8.15. The summed E-state index contributed by atoms with van der Waals surface area (Å²) in [6, 6.07) is 3.67. The monoisotopic (exact) mass is 456 g/mol. The molecule has 5 N–H and O–H groups in total. The van der Waals surface area contributed by atoms with Gasteiger partial charge in [0.05, 0.1) is 24.0 Å². The first-order chi connectivity index (χ1) is 15.3. The van der Waals surface area contributed by atoms with E-state index in [1.54, 1.807) is 13.0 Å². The number of carbonyl (C=O) groups excluding carboxylic acids is 1. The number of nitrogens with one attached hydrogen (secondary N) is 3. The number of aromatic nitrogens is 2. The number of amides is 1. The van der Waals surface area contributed by atoms with E-state index in [1.165, 1.54) is 19.4 Å². The molecule has 166 valence electrons. The van der Waals surface area contributed by atoms with Crippen LogP contribution in [0, 0.1) is 16.7 Å². The Bertz CT molecular complexity index is 1200. The number of allylic oxidation sites excluding steroid dienone is 1. The van der Waals surface area contributed by atoms with E-state index in [1.807, 2.05) is 0 Å². The van der Waals surface area contributed by atoms with Crippen LogP contribution in [0.25, 0.3) is 0 Å². The van der Waals surface area contributed by atoms with Crippen LogP contribution in [0.4, 0.5) is 16.0 Å². The summed E-state index contributed by atoms with van der Waals surface area (Å²) in [7, 11) is 1.37. The van der Waals surface area contributed by atoms with E-state index in [0.29, 0.717) is 17.2 Å². The number of methoxy groups -OCH3 is 1. The lowest BCUT2D eigenvalue weighted by atomic mass is 9.38. The van der Waals surface area contributed by atoms with Gasteiger partial charge in [0.2, 0.25) is 10.9 Å². The highest BCUT2D eigenvalue weighted by atomic mass is 32.1. The first-order valence-electron chi connectivity index (χ1n) is 9.82. The number of hydrogen-bond donors (Lipinski definition) is 4. The van der Waals surface area contributed by atoms with Gasteiger partial charge in [-0.15, -0.1) is 0 Å². The van der Waals surface area contributed by atoms with Crippen LogP contribution in [0.5, 0.6) is 5.75 Å². The van der Waals surface area contributed by atoms with Gasteiger partial charge in [0.15, 0.2) is 5.76 Å². The van der Waals surface area contributed by atoms with Crippen molar-refractivity contribution in [2.24, 2.45) is 11.1 Å². The van der Waals surface area contributed by atoms with Crippen molar-refractivity contribution in [2.75, 3.05) is 17.7 Å². The summed E-state index contributed by atoms with van der Waals surface area (Å²) in [6.45, 7) is 1.80. The van der Waals surface area contributed by atoms with Crippen LogP contribution in [0.2, 0.25) is 0 Å². The second kappa shape index (κ2) is 8.08. The van der Waals surface area contributed by atoms with Crippen LogP contribution in [0.15, 0.2) is 27.6 Å². The van der Waals surface area contributed by atoms with Crippen molar-refractivity contribution in [1.29, 1.82) is 5.26 Å². The molecule has 3 saturated carbocycles. The Morgan fingerprint density at radius 3 is 2.88 bits per heavy atom. The second-order valence-corrected chi connectivity index (χ2v) is 9.13. The van der Waals surface area contributed by atoms with Crippen molar-refractivity contribution in [1.82, 2.24) is 10.2 Å². The Morgan fingerprint density at radius 1 is 1.47 bits per heavy atom. The number of carbonyl (C=O) groups is 1. The summed E-state index contributed by atoms with van der Waals surface area (Å²) in [5.41, 5.74) is 5.61. The van der Waals surface area contributed by atoms with Gasteiger partial charge in [-0.1, -0.05) is 0 Å². The quantitative estimate of drug-likeness (QED) is 0.416. The summed E-state index contributed by atoms with van der Waals surface area (Å²) in [5, 5.41) is 23.4. The minimum Gasteiger partial charge on any atom is -0.488 e. The van der Waals surface area contributed by atoms with E-state index in [4.69, 9.17) is 20.1 Å². The molecule has 0 unspecified atom stereocenters. The average Bonchev–Trinajstić information content (AvgIpc) is 3.11. The minimum atomic E-state index is -0.764. The van der Waals surface area contributed by atoms with E-state index in [9.17, 15) is 9.59 Å². The third-order valence-electron chi connectivity index (χ3n) is 5.63. The fraction of sp³-hybridized carbons (Fsp3) is 0.400. The van der Waals surface area contributed by atoms with E-state index >= 15 is 0 Å². The molecule has 0 aromatic carbocycles. The zero-order valence-corrected chi connectivity index (χ0v) is 18.3. The molecule has 32 heavy (non-hydrogen) atoms. The number of nitrogens with two attached hydrogens (primary N) is 1. The molecular weight excluding hydrogens is 434 g/mol. The van der Waals surface area contributed by atoms with E-state index in [0.717, 1.165) is 36.3 Å². The lowest BCUT2D eigenvalue weighted by Gasteiger charge is -2.70. The van der Waals surface area contributed by atoms with Gasteiger partial charge in [-0.2, -0.15) is 5.26 Å². The maximum absolute atomic E-state index is 12.7. The number of rotatable bonds is 8. The van der Waals surface area contributed by atoms with Crippen LogP contribution in [-0.4, -0.2) is 34.5 Å². The van der Waals surface area contributed by atoms with Gasteiger partial charge in [-0.25, -0.2) is 9.79 Å². The fourth-order valence-electron chi connectivity index (χ4n) is 4.49. The number of nitrogens with zero attached hydrogens (tertiary/aromatic N) is 3. The fourth-order valence-corrected chi connectivity index (χ4v) is 5.19. The maximum Gasteiger partial charge on any atom is 0.409 e. The summed E-state index contributed by atoms with van der Waals surface area (Å²) < 4.78 is 10.3. The lowest BCUT2D eigenvalue weighted by Crippen LogP contribution is -2.70. The van der Waals surface area contributed by atoms with Crippen LogP contribution < -0.4 is 31.7 Å². The third kappa shape index (κ3) is 3.94. The third-order valence-corrected chi connectivity index (χ3v) is 6.38. The Balaban J connectivity index is 1.50. The molecule has 0 saturated heterocycles. The summed E-state index contributed by atoms with van der Waals surface area (Å²) in [6.07, 6.45) is 6.10. The summed E-state index contributed by atoms with van der Waals surface area (Å²) >= 11 is 1.11. The molecule has 0 radical (unpaired) electrons. The smallest absolute Gasteiger partial charge is 0.409 e. The maximum atomic E-state index is 12.7. The molecule has 5 rings (SSSR count). The molecule has 11 nitrogen and oxygen atoms in total. The Labute approximate surface area is 187 Å². The molecule has 3 aliphatic rings. The molecule has 0 spiro atoms. The Morgan fingerprint density at radius 2 is 2.22 bits per heavy atom. The van der Waals surface area contributed by atoms with E-state index in [-0.39, 0.29) is 27.6 Å². The van der Waals surface area contributed by atoms with Gasteiger partial charge in [-0.3, -0.25) is 10.1 Å². The number of ether oxygens (including phenoxy) is 1. The van der Waals surface area contributed by atoms with E-state index in [2.05, 4.69) is 31.9 Å². The molecule has 3 fully saturated rings. The topological polar surface area (TPSA) is 170 Å². The van der Waals surface area contributed by atoms with Crippen molar-refractivity contribution >= 4 is 38.9 Å². The predicted molar refractivity (Wildman–Crippen MR) is 117 cm³/mol. The summed E-state index contributed by atoms with van der Waals surface area (Å²) in [4.78, 5) is 28.1. The molecule has 1 amide bonds. The predicted octanol–water partition coefficient (Wildman–Crippen LogP) is 0.646. The van der Waals surface area contributed by atoms with E-state index < -0.39 is 11.5 Å². The van der Waals surface area contributed by atoms with Gasteiger partial charge in [0.1, 0.15) is 5.71 Å². The van der Waals surface area contributed by atoms with Crippen molar-refractivity contribution in [3.05, 3.63) is 34.5 Å². The van der Waals surface area contributed by atoms with Gasteiger partial charge in [0.25, 0.3) is 5.91 Å². The highest BCUT2D eigenvalue weighted by Crippen LogP contribution is 2.70. The number of hydrogen-bond acceptors (Lipinski definition) is 10. The largest absolute Gasteiger partial charge is 0.488 e. The van der Waals surface area contributed by atoms with Crippen LogP contribution in [0.3, 0.4) is 0 Å². The molecule has 2 heterocycles. The number of anilines is 2. The van der Waals surface area contributed by atoms with Gasteiger partial charge in [-0.05, 0) is 60.3 Å². The SMILES string of the molecule is COc1c(NC23CC(CC#N)(C2)C3)cc(C(=O)Nc2nnc(/[NH+]=C(C)/C=C\N)s2)oc1=O. The molecule has 0 aliphatic heterocycles. The number of nitriles is 1. The average molecular weight is 457 g/mol. The molecule has 12 heteroatoms. The highest BCUT2D eigenvalue weighted by molar-refractivity contribution is 7.18. The Kier molecular flexibility index (Phi) is 5.43. The van der Waals surface area contributed by atoms with Crippen LogP contribution in [0.1, 0.15) is 43.2 Å². The zero-order valence-electron chi connectivity index (χ0n) is 17.5. The van der Waals surface area contributed by atoms with Crippen molar-refractivity contribution < 1.29 is 18.9 Å². The molecular formula is C20H22N7O4S+. The molecule has 2 aromatic rings. The molecule has 3 aliphatic carbocycles.